The van der Waals surface area contributed by atoms with E-state index in [9.17, 15) is 18.0 Å². The van der Waals surface area contributed by atoms with Gasteiger partial charge in [0.25, 0.3) is 6.43 Å². The van der Waals surface area contributed by atoms with Crippen molar-refractivity contribution >= 4 is 27.3 Å². The van der Waals surface area contributed by atoms with Gasteiger partial charge >= 0.3 is 0 Å². The molecule has 1 aromatic carbocycles. The number of ether oxygens (including phenoxy) is 2. The number of benzene rings is 1. The van der Waals surface area contributed by atoms with Crippen LogP contribution in [0.25, 0.3) is 43.7 Å². The summed E-state index contributed by atoms with van der Waals surface area (Å²) in [5, 5.41) is 11.4. The summed E-state index contributed by atoms with van der Waals surface area (Å²) < 4.78 is 55.5. The minimum atomic E-state index is -2.55. The number of nitrogens with zero attached hydrogens (tertiary/aromatic N) is 6. The second-order valence-corrected chi connectivity index (χ2v) is 10.9. The van der Waals surface area contributed by atoms with E-state index in [1.165, 1.54) is 40.4 Å². The molecule has 4 aromatic heterocycles. The van der Waals surface area contributed by atoms with E-state index in [1.807, 2.05) is 17.6 Å². The molecule has 0 radical (unpaired) electrons. The number of carbonyl (C=O) groups is 1. The van der Waals surface area contributed by atoms with Gasteiger partial charge in [-0.2, -0.15) is 10.2 Å². The number of methoxy groups -OCH3 is 1. The number of hydrogen-bond acceptors (Lipinski definition) is 7. The van der Waals surface area contributed by atoms with Gasteiger partial charge in [-0.25, -0.2) is 18.2 Å². The summed E-state index contributed by atoms with van der Waals surface area (Å²) in [4.78, 5) is 18.7. The zero-order chi connectivity index (χ0) is 30.1. The van der Waals surface area contributed by atoms with Crippen LogP contribution in [0.1, 0.15) is 6.04 Å². The molecule has 0 aliphatic carbocycles. The number of thiophene rings is 1. The van der Waals surface area contributed by atoms with Gasteiger partial charge in [-0.05, 0) is 29.7 Å². The summed E-state index contributed by atoms with van der Waals surface area (Å²) in [6.07, 6.45) is 5.37. The fraction of sp³-hybridized carbons (Fsp3) is 0.267. The molecule has 0 spiro atoms. The average Bonchev–Trinajstić information content (AvgIpc) is 3.73. The van der Waals surface area contributed by atoms with E-state index in [1.54, 1.807) is 35.2 Å². The molecule has 0 unspecified atom stereocenters. The van der Waals surface area contributed by atoms with Gasteiger partial charge in [-0.3, -0.25) is 14.2 Å². The first-order valence-electron chi connectivity index (χ1n) is 13.5. The Morgan fingerprint density at radius 1 is 1.14 bits per heavy atom. The van der Waals surface area contributed by atoms with E-state index in [2.05, 4.69) is 16.8 Å². The Morgan fingerprint density at radius 3 is 2.70 bits per heavy atom. The number of fused-ring (bicyclic) bond motifs is 1. The molecule has 0 bridgehead atoms. The van der Waals surface area contributed by atoms with Crippen LogP contribution in [0.15, 0.2) is 67.1 Å². The van der Waals surface area contributed by atoms with E-state index in [-0.39, 0.29) is 18.6 Å². The maximum atomic E-state index is 14.4. The zero-order valence-electron chi connectivity index (χ0n) is 23.1. The highest BCUT2D eigenvalue weighted by Gasteiger charge is 2.32. The lowest BCUT2D eigenvalue weighted by molar-refractivity contribution is -0.131. The van der Waals surface area contributed by atoms with E-state index in [0.717, 1.165) is 15.6 Å². The maximum Gasteiger partial charge on any atom is 0.257 e. The first-order chi connectivity index (χ1) is 20.9. The number of carbonyl (C=O) groups excluding carboxylic acids is 1. The molecule has 222 valence electrons. The molecule has 5 heterocycles. The molecule has 1 aliphatic rings. The molecular formula is C30H27F3N6O3S. The minimum Gasteiger partial charge on any atom is -0.490 e. The second-order valence-electron chi connectivity index (χ2n) is 9.98. The number of hydrogen-bond donors (Lipinski definition) is 0. The van der Waals surface area contributed by atoms with E-state index >= 15 is 0 Å². The highest BCUT2D eigenvalue weighted by atomic mass is 32.1. The molecule has 1 fully saturated rings. The molecular weight excluding hydrogens is 581 g/mol. The molecule has 1 amide bonds. The summed E-state index contributed by atoms with van der Waals surface area (Å²) in [6, 6.07) is 6.26. The highest BCUT2D eigenvalue weighted by molar-refractivity contribution is 7.18. The summed E-state index contributed by atoms with van der Waals surface area (Å²) in [5.74, 6) is -0.255. The number of pyridine rings is 1. The molecule has 9 nitrogen and oxygen atoms in total. The van der Waals surface area contributed by atoms with Crippen LogP contribution in [0.3, 0.4) is 0 Å². The smallest absolute Gasteiger partial charge is 0.257 e. The third-order valence-corrected chi connectivity index (χ3v) is 8.13. The fourth-order valence-electron chi connectivity index (χ4n) is 5.08. The topological polar surface area (TPSA) is 87.3 Å². The number of alkyl halides is 2. The van der Waals surface area contributed by atoms with Gasteiger partial charge in [-0.1, -0.05) is 6.58 Å². The molecule has 1 aliphatic heterocycles. The number of amides is 1. The monoisotopic (exact) mass is 608 g/mol. The third kappa shape index (κ3) is 5.65. The summed E-state index contributed by atoms with van der Waals surface area (Å²) >= 11 is 1.48. The Morgan fingerprint density at radius 2 is 1.93 bits per heavy atom. The van der Waals surface area contributed by atoms with Gasteiger partial charge in [-0.15, -0.1) is 11.3 Å². The van der Waals surface area contributed by atoms with Crippen molar-refractivity contribution in [3.63, 3.8) is 0 Å². The van der Waals surface area contributed by atoms with E-state index in [0.29, 0.717) is 53.5 Å². The number of aromatic nitrogens is 5. The van der Waals surface area contributed by atoms with Crippen molar-refractivity contribution in [3.8, 4) is 39.4 Å². The van der Waals surface area contributed by atoms with Crippen molar-refractivity contribution in [1.29, 1.82) is 0 Å². The number of likely N-dealkylation sites (tertiary alicyclic amines) is 1. The number of halogens is 3. The second kappa shape index (κ2) is 12.0. The van der Waals surface area contributed by atoms with Crippen LogP contribution in [-0.2, 0) is 16.1 Å². The average molecular weight is 609 g/mol. The Bertz CT molecular complexity index is 1790. The molecule has 5 aromatic rings. The fourth-order valence-corrected chi connectivity index (χ4v) is 6.04. The van der Waals surface area contributed by atoms with Crippen LogP contribution in [0.2, 0.25) is 0 Å². The lowest BCUT2D eigenvalue weighted by Crippen LogP contribution is -2.50. The molecule has 0 N–H and O–H groups in total. The largest absolute Gasteiger partial charge is 0.490 e. The van der Waals surface area contributed by atoms with Crippen LogP contribution < -0.4 is 4.74 Å². The molecule has 0 saturated carbocycles. The van der Waals surface area contributed by atoms with Gasteiger partial charge < -0.3 is 14.4 Å². The van der Waals surface area contributed by atoms with Gasteiger partial charge in [0.2, 0.25) is 5.91 Å². The van der Waals surface area contributed by atoms with Crippen LogP contribution in [0, 0.1) is 5.82 Å². The van der Waals surface area contributed by atoms with E-state index in [4.69, 9.17) is 14.5 Å². The normalized spacial score (nSPS) is 13.6. The van der Waals surface area contributed by atoms with Crippen molar-refractivity contribution in [2.75, 3.05) is 33.4 Å². The van der Waals surface area contributed by atoms with Crippen LogP contribution in [-0.4, -0.2) is 75.2 Å². The van der Waals surface area contributed by atoms with Crippen molar-refractivity contribution in [3.05, 3.63) is 72.9 Å². The van der Waals surface area contributed by atoms with Gasteiger partial charge in [0, 0.05) is 71.0 Å². The SMILES string of the molecule is C=CC(=O)N1CC(n2cc(-c3nc(-c4cnn(CC(F)F)c4)c4ccsc4c3-c3ccc(F)cc3OCCOC)cn2)C1. The van der Waals surface area contributed by atoms with Gasteiger partial charge in [0.05, 0.1) is 36.4 Å². The van der Waals surface area contributed by atoms with Crippen LogP contribution >= 0.6 is 11.3 Å². The first kappa shape index (κ1) is 28.6. The zero-order valence-corrected chi connectivity index (χ0v) is 23.9. The summed E-state index contributed by atoms with van der Waals surface area (Å²) in [7, 11) is 1.56. The molecule has 43 heavy (non-hydrogen) atoms. The highest BCUT2D eigenvalue weighted by Crippen LogP contribution is 2.46. The van der Waals surface area contributed by atoms with Crippen LogP contribution in [0.4, 0.5) is 13.2 Å². The Kier molecular flexibility index (Phi) is 8.00. The summed E-state index contributed by atoms with van der Waals surface area (Å²) in [6.45, 7) is 4.54. The van der Waals surface area contributed by atoms with Gasteiger partial charge in [0.1, 0.15) is 24.7 Å². The van der Waals surface area contributed by atoms with Gasteiger partial charge in [0.15, 0.2) is 0 Å². The van der Waals surface area contributed by atoms with Crippen molar-refractivity contribution in [1.82, 2.24) is 29.4 Å². The Hall–Kier alpha value is -4.49. The lowest BCUT2D eigenvalue weighted by atomic mass is 9.96. The van der Waals surface area contributed by atoms with E-state index < -0.39 is 18.8 Å². The van der Waals surface area contributed by atoms with Crippen molar-refractivity contribution < 1.29 is 27.4 Å². The quantitative estimate of drug-likeness (QED) is 0.142. The Balaban J connectivity index is 1.50. The predicted octanol–water partition coefficient (Wildman–Crippen LogP) is 5.69. The standard InChI is InChI=1S/C30H27F3N6O3S/c1-3-26(40)37-15-21(16-37)39-14-19(12-35-39)29-27(22-5-4-20(31)10-24(22)42-8-7-41-2)30-23(6-9-43-30)28(36-29)18-11-34-38(13-18)17-25(32)33/h3-6,9-14,21,25H,1,7-8,15-17H2,2H3. The maximum absolute atomic E-state index is 14.4. The number of rotatable bonds is 11. The lowest BCUT2D eigenvalue weighted by Gasteiger charge is -2.38. The molecule has 6 rings (SSSR count). The predicted molar refractivity (Wildman–Crippen MR) is 157 cm³/mol. The Labute approximate surface area is 248 Å². The van der Waals surface area contributed by atoms with Crippen molar-refractivity contribution in [2.24, 2.45) is 0 Å². The first-order valence-corrected chi connectivity index (χ1v) is 14.3. The minimum absolute atomic E-state index is 0.0163. The molecule has 1 saturated heterocycles. The third-order valence-electron chi connectivity index (χ3n) is 7.20. The summed E-state index contributed by atoms with van der Waals surface area (Å²) in [5.41, 5.74) is 3.74. The van der Waals surface area contributed by atoms with Crippen molar-refractivity contribution in [2.45, 2.75) is 19.0 Å². The molecule has 13 heteroatoms. The molecule has 0 atom stereocenters. The van der Waals surface area contributed by atoms with Crippen LogP contribution in [0.5, 0.6) is 5.75 Å².